The van der Waals surface area contributed by atoms with Gasteiger partial charge in [-0.05, 0) is 24.5 Å². The molecule has 18 heavy (non-hydrogen) atoms. The molecule has 1 aromatic heterocycles. The zero-order chi connectivity index (χ0) is 12.2. The van der Waals surface area contributed by atoms with Gasteiger partial charge in [-0.25, -0.2) is 0 Å². The zero-order valence-corrected chi connectivity index (χ0v) is 10.5. The number of fused-ring (bicyclic) bond motifs is 1. The maximum absolute atomic E-state index is 5.86. The standard InChI is InChI=1S/C14H20N2O2/c1-2-11(8-15-5-1)9-17-10-12-3-4-13-14(12)18-7-6-16-13/h1-2,5,8,12-14,16H,3-4,6-7,9-10H2/t12-,13-,14+/m0/s1. The lowest BCUT2D eigenvalue weighted by Gasteiger charge is -2.30. The van der Waals surface area contributed by atoms with Crippen LogP contribution < -0.4 is 5.32 Å². The summed E-state index contributed by atoms with van der Waals surface area (Å²) >= 11 is 0. The predicted octanol–water partition coefficient (Wildman–Crippen LogP) is 1.37. The molecule has 0 unspecified atom stereocenters. The highest BCUT2D eigenvalue weighted by molar-refractivity contribution is 5.06. The van der Waals surface area contributed by atoms with Crippen LogP contribution in [0.1, 0.15) is 18.4 Å². The summed E-state index contributed by atoms with van der Waals surface area (Å²) in [7, 11) is 0. The molecule has 0 spiro atoms. The number of morpholine rings is 1. The Bertz CT molecular complexity index is 371. The molecular formula is C14H20N2O2. The van der Waals surface area contributed by atoms with E-state index in [0.717, 1.165) is 25.3 Å². The molecule has 4 heteroatoms. The van der Waals surface area contributed by atoms with Crippen LogP contribution in [0.15, 0.2) is 24.5 Å². The summed E-state index contributed by atoms with van der Waals surface area (Å²) in [6, 6.07) is 4.53. The van der Waals surface area contributed by atoms with Crippen LogP contribution in [-0.4, -0.2) is 36.9 Å². The molecule has 1 saturated heterocycles. The number of ether oxygens (including phenoxy) is 2. The van der Waals surface area contributed by atoms with Crippen LogP contribution in [0.4, 0.5) is 0 Å². The van der Waals surface area contributed by atoms with Crippen molar-refractivity contribution in [2.24, 2.45) is 5.92 Å². The third-order valence-corrected chi connectivity index (χ3v) is 3.85. The highest BCUT2D eigenvalue weighted by atomic mass is 16.5. The van der Waals surface area contributed by atoms with Gasteiger partial charge in [-0.2, -0.15) is 0 Å². The smallest absolute Gasteiger partial charge is 0.0778 e. The molecule has 2 fully saturated rings. The summed E-state index contributed by atoms with van der Waals surface area (Å²) in [5, 5.41) is 3.53. The molecule has 1 N–H and O–H groups in total. The highest BCUT2D eigenvalue weighted by Crippen LogP contribution is 2.30. The van der Waals surface area contributed by atoms with Gasteiger partial charge in [0.2, 0.25) is 0 Å². The quantitative estimate of drug-likeness (QED) is 0.874. The first-order chi connectivity index (χ1) is 8.93. The molecule has 0 amide bonds. The topological polar surface area (TPSA) is 43.4 Å². The van der Waals surface area contributed by atoms with Gasteiger partial charge in [0.15, 0.2) is 0 Å². The van der Waals surface area contributed by atoms with Gasteiger partial charge < -0.3 is 14.8 Å². The van der Waals surface area contributed by atoms with Gasteiger partial charge in [0.1, 0.15) is 0 Å². The summed E-state index contributed by atoms with van der Waals surface area (Å²) in [5.74, 6) is 0.541. The fourth-order valence-electron chi connectivity index (χ4n) is 2.95. The fraction of sp³-hybridized carbons (Fsp3) is 0.643. The van der Waals surface area contributed by atoms with Crippen molar-refractivity contribution in [3.05, 3.63) is 30.1 Å². The molecule has 1 saturated carbocycles. The molecule has 2 heterocycles. The maximum atomic E-state index is 5.86. The molecule has 0 radical (unpaired) electrons. The predicted molar refractivity (Wildman–Crippen MR) is 68.1 cm³/mol. The van der Waals surface area contributed by atoms with E-state index in [1.54, 1.807) is 6.20 Å². The lowest BCUT2D eigenvalue weighted by atomic mass is 10.1. The van der Waals surface area contributed by atoms with Crippen molar-refractivity contribution in [1.82, 2.24) is 10.3 Å². The van der Waals surface area contributed by atoms with E-state index in [9.17, 15) is 0 Å². The highest BCUT2D eigenvalue weighted by Gasteiger charge is 2.38. The number of pyridine rings is 1. The molecule has 0 bridgehead atoms. The summed E-state index contributed by atoms with van der Waals surface area (Å²) in [5.41, 5.74) is 1.13. The first kappa shape index (κ1) is 12.1. The largest absolute Gasteiger partial charge is 0.376 e. The van der Waals surface area contributed by atoms with E-state index in [0.29, 0.717) is 24.7 Å². The molecule has 1 aliphatic heterocycles. The summed E-state index contributed by atoms with van der Waals surface area (Å²) in [6.45, 7) is 3.26. The second-order valence-corrected chi connectivity index (χ2v) is 5.11. The molecule has 1 aromatic rings. The number of aromatic nitrogens is 1. The monoisotopic (exact) mass is 248 g/mol. The molecule has 2 aliphatic rings. The lowest BCUT2D eigenvalue weighted by Crippen LogP contribution is -2.47. The SMILES string of the molecule is c1cncc(COC[C@@H]2CC[C@@H]3NCCO[C@H]23)c1. The summed E-state index contributed by atoms with van der Waals surface area (Å²) in [4.78, 5) is 4.09. The average Bonchev–Trinajstić information content (AvgIpc) is 2.84. The van der Waals surface area contributed by atoms with Crippen molar-refractivity contribution in [1.29, 1.82) is 0 Å². The van der Waals surface area contributed by atoms with E-state index in [1.165, 1.54) is 12.8 Å². The van der Waals surface area contributed by atoms with Crippen LogP contribution in [0.2, 0.25) is 0 Å². The number of nitrogens with zero attached hydrogens (tertiary/aromatic N) is 1. The fourth-order valence-corrected chi connectivity index (χ4v) is 2.95. The number of rotatable bonds is 4. The molecule has 4 nitrogen and oxygen atoms in total. The first-order valence-electron chi connectivity index (χ1n) is 6.75. The Morgan fingerprint density at radius 1 is 1.44 bits per heavy atom. The minimum absolute atomic E-state index is 0.354. The van der Waals surface area contributed by atoms with E-state index < -0.39 is 0 Å². The van der Waals surface area contributed by atoms with Crippen molar-refractivity contribution in [3.63, 3.8) is 0 Å². The number of nitrogens with one attached hydrogen (secondary N) is 1. The van der Waals surface area contributed by atoms with E-state index >= 15 is 0 Å². The molecule has 1 aliphatic carbocycles. The van der Waals surface area contributed by atoms with Gasteiger partial charge in [-0.15, -0.1) is 0 Å². The van der Waals surface area contributed by atoms with Gasteiger partial charge >= 0.3 is 0 Å². The first-order valence-corrected chi connectivity index (χ1v) is 6.75. The summed E-state index contributed by atoms with van der Waals surface area (Å²) in [6.07, 6.45) is 6.41. The van der Waals surface area contributed by atoms with Crippen molar-refractivity contribution in [3.8, 4) is 0 Å². The second-order valence-electron chi connectivity index (χ2n) is 5.11. The Balaban J connectivity index is 1.46. The average molecular weight is 248 g/mol. The van der Waals surface area contributed by atoms with Gasteiger partial charge in [0.05, 0.1) is 25.9 Å². The minimum Gasteiger partial charge on any atom is -0.376 e. The van der Waals surface area contributed by atoms with E-state index in [1.807, 2.05) is 18.3 Å². The van der Waals surface area contributed by atoms with Crippen molar-refractivity contribution < 1.29 is 9.47 Å². The van der Waals surface area contributed by atoms with Crippen LogP contribution in [0.25, 0.3) is 0 Å². The van der Waals surface area contributed by atoms with E-state index in [4.69, 9.17) is 9.47 Å². The number of hydrogen-bond donors (Lipinski definition) is 1. The van der Waals surface area contributed by atoms with E-state index in [-0.39, 0.29) is 0 Å². The summed E-state index contributed by atoms with van der Waals surface area (Å²) < 4.78 is 11.7. The van der Waals surface area contributed by atoms with Crippen molar-refractivity contribution in [2.45, 2.75) is 31.6 Å². The van der Waals surface area contributed by atoms with Gasteiger partial charge in [-0.3, -0.25) is 4.98 Å². The van der Waals surface area contributed by atoms with Gasteiger partial charge in [-0.1, -0.05) is 6.07 Å². The minimum atomic E-state index is 0.354. The van der Waals surface area contributed by atoms with Crippen molar-refractivity contribution in [2.75, 3.05) is 19.8 Å². The lowest BCUT2D eigenvalue weighted by molar-refractivity contribution is -0.0399. The van der Waals surface area contributed by atoms with Crippen LogP contribution in [0.3, 0.4) is 0 Å². The molecule has 0 aromatic carbocycles. The van der Waals surface area contributed by atoms with E-state index in [2.05, 4.69) is 10.3 Å². The Kier molecular flexibility index (Phi) is 3.88. The third-order valence-electron chi connectivity index (χ3n) is 3.85. The van der Waals surface area contributed by atoms with Gasteiger partial charge in [0.25, 0.3) is 0 Å². The van der Waals surface area contributed by atoms with Crippen LogP contribution in [0.5, 0.6) is 0 Å². The van der Waals surface area contributed by atoms with Gasteiger partial charge in [0, 0.05) is 30.9 Å². The maximum Gasteiger partial charge on any atom is 0.0778 e. The molecule has 3 rings (SSSR count). The van der Waals surface area contributed by atoms with Crippen molar-refractivity contribution >= 4 is 0 Å². The second kappa shape index (κ2) is 5.78. The Morgan fingerprint density at radius 3 is 3.33 bits per heavy atom. The molecule has 98 valence electrons. The molecule has 3 atom stereocenters. The molecular weight excluding hydrogens is 228 g/mol. The third kappa shape index (κ3) is 2.71. The Labute approximate surface area is 108 Å². The zero-order valence-electron chi connectivity index (χ0n) is 10.5. The Hall–Kier alpha value is -0.970. The van der Waals surface area contributed by atoms with Crippen LogP contribution >= 0.6 is 0 Å². The van der Waals surface area contributed by atoms with Crippen LogP contribution in [0, 0.1) is 5.92 Å². The van der Waals surface area contributed by atoms with Crippen LogP contribution in [-0.2, 0) is 16.1 Å². The number of hydrogen-bond acceptors (Lipinski definition) is 4. The normalized spacial score (nSPS) is 31.2. The Morgan fingerprint density at radius 2 is 2.44 bits per heavy atom.